The fraction of sp³-hybridized carbons (Fsp3) is 0.300. The highest BCUT2D eigenvalue weighted by atomic mass is 16.6. The SMILES string of the molecule is CCCC(=NN)c1cccc([N+](=O)[O-])c1. The maximum Gasteiger partial charge on any atom is 0.270 e. The largest absolute Gasteiger partial charge is 0.323 e. The summed E-state index contributed by atoms with van der Waals surface area (Å²) in [5.74, 6) is 5.24. The van der Waals surface area contributed by atoms with Crippen molar-refractivity contribution in [3.63, 3.8) is 0 Å². The van der Waals surface area contributed by atoms with Crippen molar-refractivity contribution >= 4 is 11.4 Å². The lowest BCUT2D eigenvalue weighted by Gasteiger charge is -2.02. The van der Waals surface area contributed by atoms with Gasteiger partial charge in [-0.2, -0.15) is 5.10 Å². The third-order valence-electron chi connectivity index (χ3n) is 2.03. The third-order valence-corrected chi connectivity index (χ3v) is 2.03. The zero-order valence-corrected chi connectivity index (χ0v) is 8.51. The Morgan fingerprint density at radius 3 is 2.87 bits per heavy atom. The Balaban J connectivity index is 3.03. The van der Waals surface area contributed by atoms with Crippen LogP contribution >= 0.6 is 0 Å². The van der Waals surface area contributed by atoms with Crippen LogP contribution in [0.5, 0.6) is 0 Å². The summed E-state index contributed by atoms with van der Waals surface area (Å²) in [6.07, 6.45) is 1.62. The minimum absolute atomic E-state index is 0.0600. The van der Waals surface area contributed by atoms with Gasteiger partial charge in [-0.1, -0.05) is 25.5 Å². The summed E-state index contributed by atoms with van der Waals surface area (Å²) < 4.78 is 0. The minimum Gasteiger partial charge on any atom is -0.323 e. The van der Waals surface area contributed by atoms with E-state index in [1.54, 1.807) is 12.1 Å². The van der Waals surface area contributed by atoms with Gasteiger partial charge in [0.15, 0.2) is 0 Å². The lowest BCUT2D eigenvalue weighted by atomic mass is 10.1. The lowest BCUT2D eigenvalue weighted by molar-refractivity contribution is -0.384. The summed E-state index contributed by atoms with van der Waals surface area (Å²) in [4.78, 5) is 10.1. The highest BCUT2D eigenvalue weighted by molar-refractivity contribution is 6.00. The molecular weight excluding hydrogens is 194 g/mol. The van der Waals surface area contributed by atoms with Crippen LogP contribution < -0.4 is 5.84 Å². The normalized spacial score (nSPS) is 11.4. The molecule has 0 bridgehead atoms. The Kier molecular flexibility index (Phi) is 3.79. The molecule has 0 aliphatic rings. The Morgan fingerprint density at radius 2 is 2.33 bits per heavy atom. The van der Waals surface area contributed by atoms with E-state index in [2.05, 4.69) is 5.10 Å². The second-order valence-corrected chi connectivity index (χ2v) is 3.13. The molecule has 2 N–H and O–H groups in total. The topological polar surface area (TPSA) is 81.5 Å². The van der Waals surface area contributed by atoms with Crippen LogP contribution in [0, 0.1) is 10.1 Å². The summed E-state index contributed by atoms with van der Waals surface area (Å²) >= 11 is 0. The van der Waals surface area contributed by atoms with Crippen molar-refractivity contribution in [2.24, 2.45) is 10.9 Å². The number of benzene rings is 1. The first-order chi connectivity index (χ1) is 7.19. The number of nitrogens with zero attached hydrogens (tertiary/aromatic N) is 2. The van der Waals surface area contributed by atoms with Gasteiger partial charge in [-0.05, 0) is 6.42 Å². The van der Waals surface area contributed by atoms with Crippen LogP contribution in [-0.4, -0.2) is 10.6 Å². The molecule has 0 aliphatic heterocycles. The summed E-state index contributed by atoms with van der Waals surface area (Å²) in [5, 5.41) is 14.2. The van der Waals surface area contributed by atoms with E-state index in [1.807, 2.05) is 6.92 Å². The van der Waals surface area contributed by atoms with E-state index in [4.69, 9.17) is 5.84 Å². The van der Waals surface area contributed by atoms with Crippen molar-refractivity contribution in [2.45, 2.75) is 19.8 Å². The fourth-order valence-corrected chi connectivity index (χ4v) is 1.32. The standard InChI is InChI=1S/C10H13N3O2/c1-2-4-10(12-11)8-5-3-6-9(7-8)13(14)15/h3,5-7H,2,4,11H2,1H3. The smallest absolute Gasteiger partial charge is 0.270 e. The van der Waals surface area contributed by atoms with Gasteiger partial charge in [0.2, 0.25) is 0 Å². The van der Waals surface area contributed by atoms with E-state index in [-0.39, 0.29) is 5.69 Å². The molecule has 0 radical (unpaired) electrons. The molecule has 0 atom stereocenters. The molecule has 1 aromatic rings. The Labute approximate surface area is 87.7 Å². The van der Waals surface area contributed by atoms with Crippen molar-refractivity contribution in [1.82, 2.24) is 0 Å². The van der Waals surface area contributed by atoms with E-state index < -0.39 is 4.92 Å². The lowest BCUT2D eigenvalue weighted by Crippen LogP contribution is -2.04. The van der Waals surface area contributed by atoms with Crippen molar-refractivity contribution in [3.05, 3.63) is 39.9 Å². The van der Waals surface area contributed by atoms with Gasteiger partial charge in [-0.3, -0.25) is 10.1 Å². The molecule has 0 aromatic heterocycles. The van der Waals surface area contributed by atoms with Gasteiger partial charge in [0.05, 0.1) is 10.6 Å². The number of hydrogen-bond donors (Lipinski definition) is 1. The first kappa shape index (κ1) is 11.2. The van der Waals surface area contributed by atoms with Crippen LogP contribution in [0.1, 0.15) is 25.3 Å². The average Bonchev–Trinajstić information content (AvgIpc) is 2.26. The van der Waals surface area contributed by atoms with Gasteiger partial charge in [0, 0.05) is 17.7 Å². The van der Waals surface area contributed by atoms with E-state index in [0.717, 1.165) is 12.8 Å². The van der Waals surface area contributed by atoms with Crippen molar-refractivity contribution in [1.29, 1.82) is 0 Å². The molecule has 80 valence electrons. The number of nitro groups is 1. The summed E-state index contributed by atoms with van der Waals surface area (Å²) in [5.41, 5.74) is 1.47. The first-order valence-corrected chi connectivity index (χ1v) is 4.70. The molecule has 0 heterocycles. The van der Waals surface area contributed by atoms with Crippen LogP contribution in [0.25, 0.3) is 0 Å². The van der Waals surface area contributed by atoms with Crippen LogP contribution in [-0.2, 0) is 0 Å². The summed E-state index contributed by atoms with van der Waals surface area (Å²) in [7, 11) is 0. The van der Waals surface area contributed by atoms with Crippen molar-refractivity contribution in [3.8, 4) is 0 Å². The molecule has 15 heavy (non-hydrogen) atoms. The minimum atomic E-state index is -0.427. The predicted octanol–water partition coefficient (Wildman–Crippen LogP) is 2.06. The van der Waals surface area contributed by atoms with Gasteiger partial charge in [-0.15, -0.1) is 0 Å². The molecular formula is C10H13N3O2. The molecule has 0 fully saturated rings. The second kappa shape index (κ2) is 5.09. The molecule has 1 aromatic carbocycles. The highest BCUT2D eigenvalue weighted by Gasteiger charge is 2.09. The predicted molar refractivity (Wildman–Crippen MR) is 58.7 cm³/mol. The van der Waals surface area contributed by atoms with E-state index >= 15 is 0 Å². The summed E-state index contributed by atoms with van der Waals surface area (Å²) in [6.45, 7) is 2.00. The molecule has 5 heteroatoms. The van der Waals surface area contributed by atoms with Crippen molar-refractivity contribution < 1.29 is 4.92 Å². The molecule has 0 unspecified atom stereocenters. The molecule has 5 nitrogen and oxygen atoms in total. The van der Waals surface area contributed by atoms with Crippen molar-refractivity contribution in [2.75, 3.05) is 0 Å². The molecule has 0 amide bonds. The number of nitro benzene ring substituents is 1. The molecule has 1 rings (SSSR count). The summed E-state index contributed by atoms with van der Waals surface area (Å²) in [6, 6.07) is 6.34. The number of hydrazone groups is 1. The van der Waals surface area contributed by atoms with Gasteiger partial charge in [0.1, 0.15) is 0 Å². The maximum atomic E-state index is 10.6. The first-order valence-electron chi connectivity index (χ1n) is 4.70. The zero-order chi connectivity index (χ0) is 11.3. The second-order valence-electron chi connectivity index (χ2n) is 3.13. The molecule has 0 saturated carbocycles. The van der Waals surface area contributed by atoms with Gasteiger partial charge in [-0.25, -0.2) is 0 Å². The zero-order valence-electron chi connectivity index (χ0n) is 8.51. The van der Waals surface area contributed by atoms with Gasteiger partial charge in [0.25, 0.3) is 5.69 Å². The average molecular weight is 207 g/mol. The van der Waals surface area contributed by atoms with Gasteiger partial charge < -0.3 is 5.84 Å². The fourth-order valence-electron chi connectivity index (χ4n) is 1.32. The Morgan fingerprint density at radius 1 is 1.60 bits per heavy atom. The van der Waals surface area contributed by atoms with Crippen LogP contribution in [0.4, 0.5) is 5.69 Å². The number of hydrogen-bond acceptors (Lipinski definition) is 4. The Bertz CT molecular complexity index is 388. The number of rotatable bonds is 4. The van der Waals surface area contributed by atoms with E-state index in [1.165, 1.54) is 12.1 Å². The van der Waals surface area contributed by atoms with E-state index in [0.29, 0.717) is 11.3 Å². The Hall–Kier alpha value is -1.91. The third kappa shape index (κ3) is 2.77. The molecule has 0 saturated heterocycles. The quantitative estimate of drug-likeness (QED) is 0.355. The van der Waals surface area contributed by atoms with Crippen LogP contribution in [0.2, 0.25) is 0 Å². The molecule has 0 spiro atoms. The van der Waals surface area contributed by atoms with Crippen LogP contribution in [0.15, 0.2) is 29.4 Å². The maximum absolute atomic E-state index is 10.6. The monoisotopic (exact) mass is 207 g/mol. The van der Waals surface area contributed by atoms with Crippen LogP contribution in [0.3, 0.4) is 0 Å². The number of non-ortho nitro benzene ring substituents is 1. The number of nitrogens with two attached hydrogens (primary N) is 1. The van der Waals surface area contributed by atoms with E-state index in [9.17, 15) is 10.1 Å². The molecule has 0 aliphatic carbocycles. The van der Waals surface area contributed by atoms with Gasteiger partial charge >= 0.3 is 0 Å². The highest BCUT2D eigenvalue weighted by Crippen LogP contribution is 2.15.